The van der Waals surface area contributed by atoms with Crippen LogP contribution in [-0.2, 0) is 11.0 Å². The molecule has 2 N–H and O–H groups in total. The van der Waals surface area contributed by atoms with Gasteiger partial charge in [-0.05, 0) is 12.1 Å². The lowest BCUT2D eigenvalue weighted by Crippen LogP contribution is -2.44. The SMILES string of the molecule is FC(F)(F)c1nnc2ccc(N3CCNCC3)nn12.O=C(O)C(F)(F)F. The summed E-state index contributed by atoms with van der Waals surface area (Å²) in [6, 6.07) is 3.15. The van der Waals surface area contributed by atoms with E-state index in [0.29, 0.717) is 18.9 Å². The fourth-order valence-corrected chi connectivity index (χ4v) is 2.02. The molecule has 0 aromatic carbocycles. The molecule has 0 unspecified atom stereocenters. The number of aromatic nitrogens is 4. The molecule has 1 fully saturated rings. The predicted molar refractivity (Wildman–Crippen MR) is 74.6 cm³/mol. The minimum atomic E-state index is -5.08. The van der Waals surface area contributed by atoms with Gasteiger partial charge in [-0.3, -0.25) is 0 Å². The largest absolute Gasteiger partial charge is 0.490 e. The van der Waals surface area contributed by atoms with Crippen molar-refractivity contribution in [1.29, 1.82) is 0 Å². The molecule has 1 aliphatic heterocycles. The van der Waals surface area contributed by atoms with Crippen LogP contribution in [0.4, 0.5) is 32.2 Å². The van der Waals surface area contributed by atoms with Gasteiger partial charge in [-0.15, -0.1) is 15.3 Å². The van der Waals surface area contributed by atoms with Crippen molar-refractivity contribution in [1.82, 2.24) is 25.1 Å². The van der Waals surface area contributed by atoms with Crippen LogP contribution in [0.1, 0.15) is 5.82 Å². The molecule has 0 amide bonds. The van der Waals surface area contributed by atoms with Crippen molar-refractivity contribution in [3.63, 3.8) is 0 Å². The summed E-state index contributed by atoms with van der Waals surface area (Å²) in [4.78, 5) is 10.8. The monoisotopic (exact) mass is 386 g/mol. The van der Waals surface area contributed by atoms with Gasteiger partial charge in [-0.25, -0.2) is 4.79 Å². The topological polar surface area (TPSA) is 95.7 Å². The zero-order valence-electron chi connectivity index (χ0n) is 12.8. The first kappa shape index (κ1) is 19.7. The minimum absolute atomic E-state index is 0.0891. The Bertz CT molecular complexity index is 768. The van der Waals surface area contributed by atoms with Crippen LogP contribution in [0.3, 0.4) is 0 Å². The van der Waals surface area contributed by atoms with Gasteiger partial charge in [0.2, 0.25) is 0 Å². The smallest absolute Gasteiger partial charge is 0.475 e. The van der Waals surface area contributed by atoms with Crippen molar-refractivity contribution < 1.29 is 36.2 Å². The number of anilines is 1. The quantitative estimate of drug-likeness (QED) is 0.711. The molecule has 0 bridgehead atoms. The lowest BCUT2D eigenvalue weighted by atomic mass is 10.3. The zero-order chi connectivity index (χ0) is 19.5. The van der Waals surface area contributed by atoms with Crippen LogP contribution in [0, 0.1) is 0 Å². The van der Waals surface area contributed by atoms with Gasteiger partial charge < -0.3 is 15.3 Å². The number of hydrogen-bond donors (Lipinski definition) is 2. The second-order valence-electron chi connectivity index (χ2n) is 5.02. The van der Waals surface area contributed by atoms with Crippen LogP contribution in [0.25, 0.3) is 5.65 Å². The van der Waals surface area contributed by atoms with E-state index in [-0.39, 0.29) is 5.65 Å². The number of fused-ring (bicyclic) bond motifs is 1. The summed E-state index contributed by atoms with van der Waals surface area (Å²) in [5.41, 5.74) is 0.0891. The Morgan fingerprint density at radius 2 is 1.65 bits per heavy atom. The van der Waals surface area contributed by atoms with Crippen LogP contribution in [-0.4, -0.2) is 63.2 Å². The third kappa shape index (κ3) is 4.71. The first-order valence-corrected chi connectivity index (χ1v) is 7.05. The molecule has 3 rings (SSSR count). The highest BCUT2D eigenvalue weighted by Crippen LogP contribution is 2.27. The van der Waals surface area contributed by atoms with Crippen LogP contribution < -0.4 is 10.2 Å². The highest BCUT2D eigenvalue weighted by atomic mass is 19.4. The van der Waals surface area contributed by atoms with E-state index in [1.165, 1.54) is 6.07 Å². The third-order valence-electron chi connectivity index (χ3n) is 3.19. The lowest BCUT2D eigenvalue weighted by molar-refractivity contribution is -0.192. The van der Waals surface area contributed by atoms with Gasteiger partial charge in [-0.2, -0.15) is 30.9 Å². The van der Waals surface area contributed by atoms with E-state index in [0.717, 1.165) is 17.6 Å². The van der Waals surface area contributed by atoms with Crippen LogP contribution >= 0.6 is 0 Å². The number of nitrogens with one attached hydrogen (secondary N) is 1. The van der Waals surface area contributed by atoms with Gasteiger partial charge in [0.1, 0.15) is 5.82 Å². The van der Waals surface area contributed by atoms with Gasteiger partial charge in [0.15, 0.2) is 5.65 Å². The van der Waals surface area contributed by atoms with E-state index in [2.05, 4.69) is 20.6 Å². The number of carboxylic acid groups (broad SMARTS) is 1. The molecule has 2 aromatic heterocycles. The highest BCUT2D eigenvalue weighted by molar-refractivity contribution is 5.73. The molecule has 144 valence electrons. The van der Waals surface area contributed by atoms with Crippen molar-refractivity contribution >= 4 is 17.4 Å². The summed E-state index contributed by atoms with van der Waals surface area (Å²) in [7, 11) is 0. The second-order valence-corrected chi connectivity index (χ2v) is 5.02. The first-order valence-electron chi connectivity index (χ1n) is 7.05. The molecule has 14 heteroatoms. The number of alkyl halides is 6. The van der Waals surface area contributed by atoms with Crippen molar-refractivity contribution in [3.8, 4) is 0 Å². The molecule has 8 nitrogen and oxygen atoms in total. The molecule has 2 aromatic rings. The van der Waals surface area contributed by atoms with Gasteiger partial charge >= 0.3 is 18.3 Å². The number of carboxylic acids is 1. The number of hydrogen-bond acceptors (Lipinski definition) is 6. The van der Waals surface area contributed by atoms with Gasteiger partial charge in [0.05, 0.1) is 0 Å². The molecular weight excluding hydrogens is 374 g/mol. The van der Waals surface area contributed by atoms with E-state index in [9.17, 15) is 26.3 Å². The van der Waals surface area contributed by atoms with Crippen molar-refractivity contribution in [2.24, 2.45) is 0 Å². The van der Waals surface area contributed by atoms with E-state index in [1.54, 1.807) is 6.07 Å². The van der Waals surface area contributed by atoms with E-state index < -0.39 is 24.1 Å². The molecule has 0 saturated carbocycles. The molecule has 1 saturated heterocycles. The average molecular weight is 386 g/mol. The van der Waals surface area contributed by atoms with Gasteiger partial charge in [0, 0.05) is 26.2 Å². The van der Waals surface area contributed by atoms with Crippen molar-refractivity contribution in [2.45, 2.75) is 12.4 Å². The first-order chi connectivity index (χ1) is 12.0. The fraction of sp³-hybridized carbons (Fsp3) is 0.500. The maximum Gasteiger partial charge on any atom is 0.490 e. The van der Waals surface area contributed by atoms with Crippen molar-refractivity contribution in [2.75, 3.05) is 31.1 Å². The maximum absolute atomic E-state index is 12.7. The Morgan fingerprint density at radius 1 is 1.08 bits per heavy atom. The summed E-state index contributed by atoms with van der Waals surface area (Å²) in [6.45, 7) is 2.99. The zero-order valence-corrected chi connectivity index (χ0v) is 12.8. The maximum atomic E-state index is 12.7. The van der Waals surface area contributed by atoms with Crippen molar-refractivity contribution in [3.05, 3.63) is 18.0 Å². The predicted octanol–water partition coefficient (Wildman–Crippen LogP) is 1.19. The molecular formula is C12H12F6N6O2. The number of aliphatic carboxylic acids is 1. The molecule has 3 heterocycles. The fourth-order valence-electron chi connectivity index (χ4n) is 2.02. The van der Waals surface area contributed by atoms with E-state index >= 15 is 0 Å². The summed E-state index contributed by atoms with van der Waals surface area (Å²) in [5, 5.41) is 20.9. The van der Waals surface area contributed by atoms with Crippen LogP contribution in [0.15, 0.2) is 12.1 Å². The molecule has 0 spiro atoms. The Balaban J connectivity index is 0.000000298. The normalized spacial score (nSPS) is 15.5. The van der Waals surface area contributed by atoms with Gasteiger partial charge in [-0.1, -0.05) is 0 Å². The Morgan fingerprint density at radius 3 is 2.15 bits per heavy atom. The van der Waals surface area contributed by atoms with Crippen LogP contribution in [0.2, 0.25) is 0 Å². The molecule has 1 aliphatic rings. The molecule has 0 aliphatic carbocycles. The summed E-state index contributed by atoms with van der Waals surface area (Å²) in [5.74, 6) is -3.36. The number of halogens is 6. The molecule has 26 heavy (non-hydrogen) atoms. The number of rotatable bonds is 1. The van der Waals surface area contributed by atoms with E-state index in [4.69, 9.17) is 9.90 Å². The standard InChI is InChI=1S/C10H11F3N6.C2HF3O2/c11-10(12,13)9-16-15-7-1-2-8(17-19(7)9)18-5-3-14-4-6-18;3-2(4,5)1(6)7/h1-2,14H,3-6H2;(H,6,7). The third-order valence-corrected chi connectivity index (χ3v) is 3.19. The summed E-state index contributed by atoms with van der Waals surface area (Å²) < 4.78 is 70.7. The highest BCUT2D eigenvalue weighted by Gasteiger charge is 2.38. The Labute approximate surface area is 141 Å². The van der Waals surface area contributed by atoms with Crippen LogP contribution in [0.5, 0.6) is 0 Å². The number of carbonyl (C=O) groups is 1. The lowest BCUT2D eigenvalue weighted by Gasteiger charge is -2.28. The average Bonchev–Trinajstić information content (AvgIpc) is 2.98. The minimum Gasteiger partial charge on any atom is -0.475 e. The Hall–Kier alpha value is -2.64. The summed E-state index contributed by atoms with van der Waals surface area (Å²) in [6.07, 6.45) is -9.64. The van der Waals surface area contributed by atoms with E-state index in [1.807, 2.05) is 4.90 Å². The van der Waals surface area contributed by atoms with Gasteiger partial charge in [0.25, 0.3) is 5.82 Å². The molecule has 0 radical (unpaired) electrons. The summed E-state index contributed by atoms with van der Waals surface area (Å²) >= 11 is 0. The molecule has 0 atom stereocenters. The number of nitrogens with zero attached hydrogens (tertiary/aromatic N) is 5. The second kappa shape index (κ2) is 7.31. The Kier molecular flexibility index (Phi) is 5.53. The number of piperazine rings is 1.